The summed E-state index contributed by atoms with van der Waals surface area (Å²) in [5.74, 6) is 0.444. The van der Waals surface area contributed by atoms with Crippen LogP contribution in [-0.2, 0) is 6.42 Å². The van der Waals surface area contributed by atoms with Crippen molar-refractivity contribution in [3.8, 4) is 0 Å². The predicted octanol–water partition coefficient (Wildman–Crippen LogP) is 3.39. The third-order valence-corrected chi connectivity index (χ3v) is 4.84. The third-order valence-electron chi connectivity index (χ3n) is 3.50. The fourth-order valence-electron chi connectivity index (χ4n) is 2.41. The van der Waals surface area contributed by atoms with Crippen molar-refractivity contribution >= 4 is 22.9 Å². The fraction of sp³-hybridized carbons (Fsp3) is 0.692. The van der Waals surface area contributed by atoms with E-state index in [1.54, 1.807) is 11.3 Å². The van der Waals surface area contributed by atoms with Gasteiger partial charge in [-0.05, 0) is 36.8 Å². The van der Waals surface area contributed by atoms with Crippen molar-refractivity contribution in [2.75, 3.05) is 6.61 Å². The van der Waals surface area contributed by atoms with Crippen LogP contribution in [0.4, 0.5) is 0 Å². The van der Waals surface area contributed by atoms with Crippen molar-refractivity contribution in [1.29, 1.82) is 0 Å². The van der Waals surface area contributed by atoms with Gasteiger partial charge >= 0.3 is 0 Å². The standard InChI is InChI=1S/C13H20ClNOS/c1-8(2)11(7-16)15-10-4-3-5-12-9(10)6-13(14)17-12/h6,8,10-11,15-16H,3-5,7H2,1-2H3. The molecule has 96 valence electrons. The second-order valence-electron chi connectivity index (χ2n) is 5.07. The lowest BCUT2D eigenvalue weighted by Gasteiger charge is -2.30. The molecule has 0 radical (unpaired) electrons. The van der Waals surface area contributed by atoms with E-state index < -0.39 is 0 Å². The van der Waals surface area contributed by atoms with Gasteiger partial charge in [-0.3, -0.25) is 0 Å². The summed E-state index contributed by atoms with van der Waals surface area (Å²) in [6, 6.07) is 2.62. The molecule has 2 atom stereocenters. The van der Waals surface area contributed by atoms with Crippen LogP contribution in [-0.4, -0.2) is 17.8 Å². The zero-order valence-electron chi connectivity index (χ0n) is 10.4. The predicted molar refractivity (Wildman–Crippen MR) is 73.9 cm³/mol. The molecule has 0 saturated carbocycles. The molecule has 0 bridgehead atoms. The zero-order chi connectivity index (χ0) is 12.4. The minimum Gasteiger partial charge on any atom is -0.395 e. The molecule has 4 heteroatoms. The summed E-state index contributed by atoms with van der Waals surface area (Å²) in [5.41, 5.74) is 1.35. The van der Waals surface area contributed by atoms with Gasteiger partial charge in [-0.15, -0.1) is 11.3 Å². The third kappa shape index (κ3) is 3.02. The first kappa shape index (κ1) is 13.3. The maximum absolute atomic E-state index is 9.39. The number of aryl methyl sites for hydroxylation is 1. The number of aliphatic hydroxyl groups excluding tert-OH is 1. The quantitative estimate of drug-likeness (QED) is 0.881. The SMILES string of the molecule is CC(C)C(CO)NC1CCCc2sc(Cl)cc21. The lowest BCUT2D eigenvalue weighted by molar-refractivity contribution is 0.195. The van der Waals surface area contributed by atoms with Crippen molar-refractivity contribution in [3.63, 3.8) is 0 Å². The molecule has 2 unspecified atom stereocenters. The minimum absolute atomic E-state index is 0.171. The molecule has 2 nitrogen and oxygen atoms in total. The van der Waals surface area contributed by atoms with Gasteiger partial charge in [-0.1, -0.05) is 25.4 Å². The minimum atomic E-state index is 0.171. The highest BCUT2D eigenvalue weighted by Gasteiger charge is 2.25. The highest BCUT2D eigenvalue weighted by atomic mass is 35.5. The number of aliphatic hydroxyl groups is 1. The van der Waals surface area contributed by atoms with E-state index in [2.05, 4.69) is 25.2 Å². The Hall–Kier alpha value is -0.0900. The molecular weight excluding hydrogens is 254 g/mol. The van der Waals surface area contributed by atoms with Crippen LogP contribution in [0.3, 0.4) is 0 Å². The van der Waals surface area contributed by atoms with Crippen molar-refractivity contribution in [1.82, 2.24) is 5.32 Å². The average molecular weight is 274 g/mol. The Kier molecular flexibility index (Phi) is 4.47. The molecule has 1 aliphatic rings. The van der Waals surface area contributed by atoms with E-state index in [9.17, 15) is 5.11 Å². The lowest BCUT2D eigenvalue weighted by Crippen LogP contribution is -2.40. The molecule has 0 amide bonds. The maximum atomic E-state index is 9.39. The Morgan fingerprint density at radius 2 is 2.35 bits per heavy atom. The maximum Gasteiger partial charge on any atom is 0.0934 e. The van der Waals surface area contributed by atoms with Gasteiger partial charge in [0.15, 0.2) is 0 Å². The van der Waals surface area contributed by atoms with Gasteiger partial charge in [0.05, 0.1) is 10.9 Å². The molecule has 2 N–H and O–H groups in total. The van der Waals surface area contributed by atoms with Crippen molar-refractivity contribution in [2.24, 2.45) is 5.92 Å². The Morgan fingerprint density at radius 1 is 1.59 bits per heavy atom. The normalized spacial score (nSPS) is 21.6. The van der Waals surface area contributed by atoms with E-state index in [0.29, 0.717) is 12.0 Å². The highest BCUT2D eigenvalue weighted by molar-refractivity contribution is 7.16. The Morgan fingerprint density at radius 3 is 3.00 bits per heavy atom. The summed E-state index contributed by atoms with van der Waals surface area (Å²) in [6.07, 6.45) is 3.50. The van der Waals surface area contributed by atoms with E-state index in [4.69, 9.17) is 11.6 Å². The molecule has 1 heterocycles. The van der Waals surface area contributed by atoms with Crippen LogP contribution in [0.5, 0.6) is 0 Å². The van der Waals surface area contributed by atoms with Gasteiger partial charge in [0.25, 0.3) is 0 Å². The molecule has 0 fully saturated rings. The number of nitrogens with one attached hydrogen (secondary N) is 1. The van der Waals surface area contributed by atoms with Gasteiger partial charge in [-0.2, -0.15) is 0 Å². The van der Waals surface area contributed by atoms with Crippen molar-refractivity contribution in [3.05, 3.63) is 20.8 Å². The van der Waals surface area contributed by atoms with Crippen molar-refractivity contribution in [2.45, 2.75) is 45.2 Å². The van der Waals surface area contributed by atoms with E-state index in [1.807, 2.05) is 0 Å². The van der Waals surface area contributed by atoms with Crippen LogP contribution in [0.25, 0.3) is 0 Å². The van der Waals surface area contributed by atoms with Crippen molar-refractivity contribution < 1.29 is 5.11 Å². The van der Waals surface area contributed by atoms with Gasteiger partial charge in [0.1, 0.15) is 0 Å². The van der Waals surface area contributed by atoms with E-state index in [1.165, 1.54) is 16.9 Å². The molecule has 0 saturated heterocycles. The molecule has 0 spiro atoms. The lowest BCUT2D eigenvalue weighted by atomic mass is 9.92. The number of thiophene rings is 1. The Labute approximate surface area is 112 Å². The topological polar surface area (TPSA) is 32.3 Å². The molecule has 0 aromatic carbocycles. The second kappa shape index (κ2) is 5.70. The van der Waals surface area contributed by atoms with Crippen LogP contribution < -0.4 is 5.32 Å². The van der Waals surface area contributed by atoms with E-state index >= 15 is 0 Å². The first-order chi connectivity index (χ1) is 8.11. The second-order valence-corrected chi connectivity index (χ2v) is 6.84. The first-order valence-electron chi connectivity index (χ1n) is 6.26. The van der Waals surface area contributed by atoms with Gasteiger partial charge in [0.2, 0.25) is 0 Å². The summed E-state index contributed by atoms with van der Waals surface area (Å²) >= 11 is 7.79. The van der Waals surface area contributed by atoms with Crippen LogP contribution >= 0.6 is 22.9 Å². The zero-order valence-corrected chi connectivity index (χ0v) is 11.9. The molecule has 1 aliphatic carbocycles. The summed E-state index contributed by atoms with van der Waals surface area (Å²) < 4.78 is 0.883. The van der Waals surface area contributed by atoms with Gasteiger partial charge in [-0.25, -0.2) is 0 Å². The molecular formula is C13H20ClNOS. The van der Waals surface area contributed by atoms with E-state index in [-0.39, 0.29) is 12.6 Å². The number of hydrogen-bond donors (Lipinski definition) is 2. The average Bonchev–Trinajstić information content (AvgIpc) is 2.66. The number of fused-ring (bicyclic) bond motifs is 1. The number of hydrogen-bond acceptors (Lipinski definition) is 3. The molecule has 17 heavy (non-hydrogen) atoms. The van der Waals surface area contributed by atoms with E-state index in [0.717, 1.165) is 17.2 Å². The van der Waals surface area contributed by atoms with Gasteiger partial charge < -0.3 is 10.4 Å². The molecule has 1 aromatic heterocycles. The Balaban J connectivity index is 2.12. The molecule has 1 aromatic rings. The highest BCUT2D eigenvalue weighted by Crippen LogP contribution is 2.38. The molecule has 0 aliphatic heterocycles. The Bertz CT molecular complexity index is 377. The van der Waals surface area contributed by atoms with Crippen LogP contribution in [0.15, 0.2) is 6.07 Å². The summed E-state index contributed by atoms with van der Waals surface area (Å²) in [7, 11) is 0. The monoisotopic (exact) mass is 273 g/mol. The summed E-state index contributed by atoms with van der Waals surface area (Å²) in [4.78, 5) is 1.42. The van der Waals surface area contributed by atoms with Gasteiger partial charge in [0, 0.05) is 17.0 Å². The smallest absolute Gasteiger partial charge is 0.0934 e. The summed E-state index contributed by atoms with van der Waals surface area (Å²) in [5, 5.41) is 13.0. The van der Waals surface area contributed by atoms with Crippen LogP contribution in [0.2, 0.25) is 4.34 Å². The molecule has 2 rings (SSSR count). The largest absolute Gasteiger partial charge is 0.395 e. The van der Waals surface area contributed by atoms with Crippen LogP contribution in [0, 0.1) is 5.92 Å². The number of rotatable bonds is 4. The first-order valence-corrected chi connectivity index (χ1v) is 7.46. The summed E-state index contributed by atoms with van der Waals surface area (Å²) in [6.45, 7) is 4.47. The van der Waals surface area contributed by atoms with Crippen LogP contribution in [0.1, 0.15) is 43.2 Å². The fourth-order valence-corrected chi connectivity index (χ4v) is 3.79. The number of halogens is 1.